The fraction of sp³-hybridized carbons (Fsp3) is 0.778. The van der Waals surface area contributed by atoms with Crippen LogP contribution in [0.25, 0.3) is 0 Å². The number of hydrogen-bond donors (Lipinski definition) is 0. The molecule has 0 saturated heterocycles. The van der Waals surface area contributed by atoms with Crippen molar-refractivity contribution >= 4 is 39.0 Å². The first-order valence-electron chi connectivity index (χ1n) is 8.27. The maximum atomic E-state index is 3.48. The van der Waals surface area contributed by atoms with E-state index in [2.05, 4.69) is 47.2 Å². The Morgan fingerprint density at radius 1 is 0.650 bits per heavy atom. The molecule has 0 radical (unpaired) electrons. The van der Waals surface area contributed by atoms with E-state index in [1.165, 1.54) is 76.0 Å². The van der Waals surface area contributed by atoms with E-state index in [9.17, 15) is 0 Å². The predicted molar refractivity (Wildman–Crippen MR) is 102 cm³/mol. The smallest absolute Gasteiger partial charge is 0.0928 e. The Labute approximate surface area is 152 Å². The topological polar surface area (TPSA) is 0 Å². The van der Waals surface area contributed by atoms with Gasteiger partial charge in [-0.2, -0.15) is 0 Å². The van der Waals surface area contributed by atoms with Gasteiger partial charge in [-0.15, -0.1) is 0 Å². The fourth-order valence-electron chi connectivity index (χ4n) is 2.08. The van der Waals surface area contributed by atoms with Gasteiger partial charge >= 0.3 is 23.1 Å². The van der Waals surface area contributed by atoms with Crippen molar-refractivity contribution in [2.75, 3.05) is 5.33 Å². The van der Waals surface area contributed by atoms with Gasteiger partial charge in [0.25, 0.3) is 0 Å². The van der Waals surface area contributed by atoms with Gasteiger partial charge in [0, 0.05) is 5.33 Å². The van der Waals surface area contributed by atoms with Gasteiger partial charge in [0.05, 0.1) is 0 Å². The molecule has 2 heteroatoms. The molecular formula is C18H35BrMg. The van der Waals surface area contributed by atoms with Crippen LogP contribution < -0.4 is 0 Å². The van der Waals surface area contributed by atoms with Crippen LogP contribution in [0.5, 0.6) is 0 Å². The van der Waals surface area contributed by atoms with E-state index >= 15 is 0 Å². The molecule has 0 saturated carbocycles. The van der Waals surface area contributed by atoms with Crippen LogP contribution in [0.4, 0.5) is 0 Å². The van der Waals surface area contributed by atoms with Gasteiger partial charge in [-0.05, 0) is 38.5 Å². The van der Waals surface area contributed by atoms with Crippen molar-refractivity contribution < 1.29 is 0 Å². The second kappa shape index (κ2) is 22.0. The van der Waals surface area contributed by atoms with Crippen molar-refractivity contribution in [3.8, 4) is 0 Å². The molecule has 0 atom stereocenters. The van der Waals surface area contributed by atoms with Gasteiger partial charge in [-0.3, -0.25) is 0 Å². The third kappa shape index (κ3) is 21.0. The zero-order chi connectivity index (χ0) is 14.0. The molecule has 0 aromatic rings. The molecule has 0 aromatic heterocycles. The Bertz CT molecular complexity index is 211. The Kier molecular flexibility index (Phi) is 25.3. The van der Waals surface area contributed by atoms with Crippen LogP contribution >= 0.6 is 15.9 Å². The molecule has 0 fully saturated rings. The zero-order valence-corrected chi connectivity index (χ0v) is 14.5. The third-order valence-electron chi connectivity index (χ3n) is 3.33. The first kappa shape index (κ1) is 23.0. The summed E-state index contributed by atoms with van der Waals surface area (Å²) in [5, 5.41) is 1.17. The monoisotopic (exact) mass is 354 g/mol. The van der Waals surface area contributed by atoms with Gasteiger partial charge in [-0.25, -0.2) is 0 Å². The average Bonchev–Trinajstić information content (AvgIpc) is 2.43. The number of halogens is 1. The molecule has 0 heterocycles. The van der Waals surface area contributed by atoms with E-state index in [0.29, 0.717) is 0 Å². The largest absolute Gasteiger partial charge is 0.316 e. The molecule has 0 unspecified atom stereocenters. The molecule has 0 aliphatic carbocycles. The lowest BCUT2D eigenvalue weighted by Crippen LogP contribution is -1.80. The highest BCUT2D eigenvalue weighted by atomic mass is 79.9. The molecule has 116 valence electrons. The summed E-state index contributed by atoms with van der Waals surface area (Å²) < 4.78 is 0. The predicted octanol–water partition coefficient (Wildman–Crippen LogP) is 6.28. The van der Waals surface area contributed by atoms with E-state index in [-0.39, 0.29) is 23.1 Å². The molecule has 0 rings (SSSR count). The highest BCUT2D eigenvalue weighted by molar-refractivity contribution is 9.09. The molecule has 20 heavy (non-hydrogen) atoms. The van der Waals surface area contributed by atoms with E-state index < -0.39 is 0 Å². The van der Waals surface area contributed by atoms with Crippen molar-refractivity contribution in [2.24, 2.45) is 0 Å². The summed E-state index contributed by atoms with van der Waals surface area (Å²) in [6.07, 6.45) is 25.3. The molecular weight excluding hydrogens is 320 g/mol. The molecule has 0 nitrogen and oxygen atoms in total. The van der Waals surface area contributed by atoms with Crippen molar-refractivity contribution in [1.29, 1.82) is 0 Å². The Hall–Kier alpha value is 0.726. The molecule has 0 bridgehead atoms. The Morgan fingerprint density at radius 3 is 1.70 bits per heavy atom. The maximum absolute atomic E-state index is 3.48. The van der Waals surface area contributed by atoms with Gasteiger partial charge in [-0.1, -0.05) is 85.7 Å². The molecule has 0 spiro atoms. The number of hydrogen-bond acceptors (Lipinski definition) is 0. The van der Waals surface area contributed by atoms with E-state index in [4.69, 9.17) is 0 Å². The first-order chi connectivity index (χ1) is 9.41. The van der Waals surface area contributed by atoms with Crippen LogP contribution in [0.15, 0.2) is 24.3 Å². The van der Waals surface area contributed by atoms with Crippen LogP contribution in [0.1, 0.15) is 84.0 Å². The van der Waals surface area contributed by atoms with E-state index in [1.807, 2.05) is 0 Å². The van der Waals surface area contributed by atoms with E-state index in [1.54, 1.807) is 0 Å². The van der Waals surface area contributed by atoms with Crippen molar-refractivity contribution in [2.45, 2.75) is 84.0 Å². The van der Waals surface area contributed by atoms with Crippen LogP contribution in [0.2, 0.25) is 0 Å². The normalized spacial score (nSPS) is 11.3. The summed E-state index contributed by atoms with van der Waals surface area (Å²) in [5.74, 6) is 0. The molecule has 0 amide bonds. The average molecular weight is 356 g/mol. The lowest BCUT2D eigenvalue weighted by molar-refractivity contribution is 0.613. The minimum absolute atomic E-state index is 0. The quantitative estimate of drug-likeness (QED) is 0.149. The lowest BCUT2D eigenvalue weighted by Gasteiger charge is -1.98. The summed E-state index contributed by atoms with van der Waals surface area (Å²) in [7, 11) is 0. The number of alkyl halides is 1. The lowest BCUT2D eigenvalue weighted by atomic mass is 10.1. The summed E-state index contributed by atoms with van der Waals surface area (Å²) in [6.45, 7) is 2.26. The third-order valence-corrected chi connectivity index (χ3v) is 3.89. The number of rotatable bonds is 14. The van der Waals surface area contributed by atoms with Crippen LogP contribution in [0, 0.1) is 0 Å². The van der Waals surface area contributed by atoms with Gasteiger partial charge in [0.2, 0.25) is 0 Å². The number of allylic oxidation sites excluding steroid dienone is 4. The highest BCUT2D eigenvalue weighted by Crippen LogP contribution is 2.08. The highest BCUT2D eigenvalue weighted by Gasteiger charge is 1.89. The van der Waals surface area contributed by atoms with Crippen LogP contribution in [-0.4, -0.2) is 28.4 Å². The first-order valence-corrected chi connectivity index (χ1v) is 9.40. The molecule has 0 aliphatic rings. The van der Waals surface area contributed by atoms with Crippen molar-refractivity contribution in [3.05, 3.63) is 24.3 Å². The molecule has 0 N–H and O–H groups in total. The second-order valence-corrected chi connectivity index (χ2v) is 6.07. The van der Waals surface area contributed by atoms with E-state index in [0.717, 1.165) is 6.42 Å². The van der Waals surface area contributed by atoms with Crippen LogP contribution in [0.3, 0.4) is 0 Å². The van der Waals surface area contributed by atoms with Gasteiger partial charge < -0.3 is 0 Å². The summed E-state index contributed by atoms with van der Waals surface area (Å²) in [4.78, 5) is 0. The summed E-state index contributed by atoms with van der Waals surface area (Å²) in [6, 6.07) is 0. The van der Waals surface area contributed by atoms with Crippen molar-refractivity contribution in [3.63, 3.8) is 0 Å². The van der Waals surface area contributed by atoms with Gasteiger partial charge in [0.1, 0.15) is 0 Å². The standard InChI is InChI=1S/C18H33Br.Mg.2H/c1-2-3-4-5-6-7-8-9-10-11-12-13-14-15-16-17-18-19;;;/h6-7,9-10H,2-5,8,11-18H2,1H3;;;/b7-6-,10-9-;;;. The molecule has 0 aliphatic heterocycles. The minimum atomic E-state index is 0. The Balaban J connectivity index is 0. The second-order valence-electron chi connectivity index (χ2n) is 5.27. The summed E-state index contributed by atoms with van der Waals surface area (Å²) >= 11 is 3.48. The number of unbranched alkanes of at least 4 members (excludes halogenated alkanes) is 9. The summed E-state index contributed by atoms with van der Waals surface area (Å²) in [5.41, 5.74) is 0. The van der Waals surface area contributed by atoms with Crippen molar-refractivity contribution in [1.82, 2.24) is 0 Å². The zero-order valence-electron chi connectivity index (χ0n) is 12.9. The fourth-order valence-corrected chi connectivity index (χ4v) is 2.48. The van der Waals surface area contributed by atoms with Crippen LogP contribution in [-0.2, 0) is 0 Å². The SMILES string of the molecule is CCCCC/C=C\C/C=C\CCCCCCCCBr.[MgH2]. The Morgan fingerprint density at radius 2 is 1.15 bits per heavy atom. The molecule has 0 aromatic carbocycles. The minimum Gasteiger partial charge on any atom is -0.0928 e. The maximum Gasteiger partial charge on any atom is 0.316 e. The van der Waals surface area contributed by atoms with Gasteiger partial charge in [0.15, 0.2) is 0 Å².